The van der Waals surface area contributed by atoms with Gasteiger partial charge in [-0.05, 0) is 18.2 Å². The molecule has 0 spiro atoms. The Labute approximate surface area is 170 Å². The quantitative estimate of drug-likeness (QED) is 0.732. The number of allylic oxidation sites excluding steroid dienone is 3. The van der Waals surface area contributed by atoms with Crippen LogP contribution >= 0.6 is 0 Å². The normalized spacial score (nSPS) is 13.6. The molecule has 1 aromatic heterocycles. The number of halogens is 3. The van der Waals surface area contributed by atoms with Gasteiger partial charge in [0, 0.05) is 12.1 Å². The third-order valence-corrected chi connectivity index (χ3v) is 4.45. The Morgan fingerprint density at radius 3 is 2.57 bits per heavy atom. The van der Waals surface area contributed by atoms with Gasteiger partial charge in [-0.2, -0.15) is 5.10 Å². The molecule has 1 aliphatic heterocycles. The summed E-state index contributed by atoms with van der Waals surface area (Å²) in [5.74, 6) is -3.30. The average Bonchev–Trinajstić information content (AvgIpc) is 3.06. The summed E-state index contributed by atoms with van der Waals surface area (Å²) in [5.41, 5.74) is 6.03. The SMILES string of the molecule is C=C(F)/C=C(/NC(=O)N1CCn2nc(-c3cccc(F)c3)c(C(N)=O)c2C1)C(=C)F. The third-order valence-electron chi connectivity index (χ3n) is 4.45. The number of benzene rings is 1. The maximum absolute atomic E-state index is 13.6. The highest BCUT2D eigenvalue weighted by molar-refractivity contribution is 6.00. The smallest absolute Gasteiger partial charge is 0.322 e. The van der Waals surface area contributed by atoms with Crippen LogP contribution in [0.4, 0.5) is 18.0 Å². The highest BCUT2D eigenvalue weighted by atomic mass is 19.1. The molecule has 2 heterocycles. The number of primary amides is 1. The summed E-state index contributed by atoms with van der Waals surface area (Å²) >= 11 is 0. The number of urea groups is 1. The Balaban J connectivity index is 1.92. The molecule has 0 fully saturated rings. The molecule has 156 valence electrons. The van der Waals surface area contributed by atoms with Gasteiger partial charge in [0.15, 0.2) is 0 Å². The lowest BCUT2D eigenvalue weighted by molar-refractivity contribution is 0.0997. The van der Waals surface area contributed by atoms with E-state index < -0.39 is 35.1 Å². The summed E-state index contributed by atoms with van der Waals surface area (Å²) in [6.45, 7) is 6.34. The first-order valence-corrected chi connectivity index (χ1v) is 8.79. The van der Waals surface area contributed by atoms with Crippen LogP contribution < -0.4 is 11.1 Å². The van der Waals surface area contributed by atoms with Crippen LogP contribution in [0, 0.1) is 5.82 Å². The second-order valence-corrected chi connectivity index (χ2v) is 6.53. The van der Waals surface area contributed by atoms with Gasteiger partial charge in [-0.25, -0.2) is 18.0 Å². The van der Waals surface area contributed by atoms with Crippen molar-refractivity contribution in [2.24, 2.45) is 5.73 Å². The van der Waals surface area contributed by atoms with Crippen LogP contribution in [-0.2, 0) is 13.1 Å². The average molecular weight is 417 g/mol. The van der Waals surface area contributed by atoms with E-state index in [1.54, 1.807) is 6.07 Å². The van der Waals surface area contributed by atoms with Gasteiger partial charge in [-0.15, -0.1) is 0 Å². The highest BCUT2D eigenvalue weighted by Gasteiger charge is 2.30. The van der Waals surface area contributed by atoms with Gasteiger partial charge in [0.1, 0.15) is 23.2 Å². The number of hydrogen-bond donors (Lipinski definition) is 2. The highest BCUT2D eigenvalue weighted by Crippen LogP contribution is 2.28. The van der Waals surface area contributed by atoms with Crippen molar-refractivity contribution >= 4 is 11.9 Å². The molecular weight excluding hydrogens is 399 g/mol. The Bertz CT molecular complexity index is 1090. The Kier molecular flexibility index (Phi) is 5.77. The van der Waals surface area contributed by atoms with E-state index in [2.05, 4.69) is 23.6 Å². The number of aromatic nitrogens is 2. The van der Waals surface area contributed by atoms with Crippen LogP contribution in [0.3, 0.4) is 0 Å². The first-order valence-electron chi connectivity index (χ1n) is 8.79. The first-order chi connectivity index (χ1) is 14.2. The Hall–Kier alpha value is -3.82. The van der Waals surface area contributed by atoms with Crippen LogP contribution in [0.25, 0.3) is 11.3 Å². The summed E-state index contributed by atoms with van der Waals surface area (Å²) in [6.07, 6.45) is 0.700. The number of fused-ring (bicyclic) bond motifs is 1. The number of carbonyl (C=O) groups is 2. The zero-order chi connectivity index (χ0) is 22.0. The third kappa shape index (κ3) is 4.27. The van der Waals surface area contributed by atoms with E-state index in [1.165, 1.54) is 27.8 Å². The van der Waals surface area contributed by atoms with Crippen LogP contribution in [0.1, 0.15) is 16.1 Å². The molecule has 10 heteroatoms. The van der Waals surface area contributed by atoms with Gasteiger partial charge in [-0.3, -0.25) is 9.48 Å². The maximum Gasteiger partial charge on any atom is 0.322 e. The predicted octanol–water partition coefficient (Wildman–Crippen LogP) is 3.16. The van der Waals surface area contributed by atoms with Crippen molar-refractivity contribution in [3.05, 3.63) is 77.9 Å². The zero-order valence-corrected chi connectivity index (χ0v) is 15.8. The van der Waals surface area contributed by atoms with Crippen molar-refractivity contribution in [1.82, 2.24) is 20.0 Å². The number of carbonyl (C=O) groups excluding carboxylic acids is 2. The van der Waals surface area contributed by atoms with Crippen LogP contribution in [0.5, 0.6) is 0 Å². The second-order valence-electron chi connectivity index (χ2n) is 6.53. The lowest BCUT2D eigenvalue weighted by atomic mass is 10.0. The molecule has 3 rings (SSSR count). The van der Waals surface area contributed by atoms with Crippen LogP contribution in [0.2, 0.25) is 0 Å². The number of amides is 3. The molecule has 0 saturated heterocycles. The van der Waals surface area contributed by atoms with Crippen LogP contribution in [0.15, 0.2) is 60.9 Å². The van der Waals surface area contributed by atoms with Gasteiger partial charge in [0.2, 0.25) is 0 Å². The van der Waals surface area contributed by atoms with Gasteiger partial charge in [0.05, 0.1) is 30.0 Å². The van der Waals surface area contributed by atoms with Gasteiger partial charge < -0.3 is 16.0 Å². The minimum absolute atomic E-state index is 0.0564. The maximum atomic E-state index is 13.6. The molecule has 2 aromatic rings. The van der Waals surface area contributed by atoms with E-state index in [-0.39, 0.29) is 30.9 Å². The lowest BCUT2D eigenvalue weighted by Gasteiger charge is -2.28. The molecule has 1 aliphatic rings. The molecule has 30 heavy (non-hydrogen) atoms. The van der Waals surface area contributed by atoms with Gasteiger partial charge in [0.25, 0.3) is 5.91 Å². The largest absolute Gasteiger partial charge is 0.365 e. The molecule has 3 amide bonds. The molecule has 3 N–H and O–H groups in total. The fraction of sp³-hybridized carbons (Fsp3) is 0.150. The molecule has 0 atom stereocenters. The standard InChI is InChI=1S/C20H18F3N5O2/c1-11(21)8-15(12(2)22)25-20(30)27-6-7-28-16(10-27)17(19(24)29)18(26-28)13-4-3-5-14(23)9-13/h3-5,8-9H,1-2,6-7,10H2,(H2,24,29)(H,25,30)/b15-8+. The van der Waals surface area contributed by atoms with E-state index in [0.717, 1.165) is 0 Å². The summed E-state index contributed by atoms with van der Waals surface area (Å²) in [6, 6.07) is 4.80. The van der Waals surface area contributed by atoms with E-state index in [9.17, 15) is 22.8 Å². The fourth-order valence-electron chi connectivity index (χ4n) is 3.12. The van der Waals surface area contributed by atoms with Crippen molar-refractivity contribution in [1.29, 1.82) is 0 Å². The van der Waals surface area contributed by atoms with Gasteiger partial charge in [-0.1, -0.05) is 25.3 Å². The Morgan fingerprint density at radius 1 is 1.23 bits per heavy atom. The number of nitrogens with one attached hydrogen (secondary N) is 1. The van der Waals surface area contributed by atoms with E-state index in [0.29, 0.717) is 17.3 Å². The summed E-state index contributed by atoms with van der Waals surface area (Å²) in [7, 11) is 0. The van der Waals surface area contributed by atoms with E-state index in [1.807, 2.05) is 0 Å². The van der Waals surface area contributed by atoms with Crippen molar-refractivity contribution in [3.8, 4) is 11.3 Å². The number of nitrogens with two attached hydrogens (primary N) is 1. The number of nitrogens with zero attached hydrogens (tertiary/aromatic N) is 3. The lowest BCUT2D eigenvalue weighted by Crippen LogP contribution is -2.44. The number of rotatable bonds is 5. The van der Waals surface area contributed by atoms with Crippen molar-refractivity contribution < 1.29 is 22.8 Å². The summed E-state index contributed by atoms with van der Waals surface area (Å²) < 4.78 is 41.6. The van der Waals surface area contributed by atoms with Gasteiger partial charge >= 0.3 is 6.03 Å². The molecule has 7 nitrogen and oxygen atoms in total. The van der Waals surface area contributed by atoms with Crippen molar-refractivity contribution in [2.45, 2.75) is 13.1 Å². The first kappa shape index (κ1) is 20.9. The Morgan fingerprint density at radius 2 is 1.97 bits per heavy atom. The topological polar surface area (TPSA) is 93.2 Å². The molecule has 1 aromatic carbocycles. The zero-order valence-electron chi connectivity index (χ0n) is 15.8. The predicted molar refractivity (Wildman–Crippen MR) is 104 cm³/mol. The molecule has 0 radical (unpaired) electrons. The van der Waals surface area contributed by atoms with Crippen molar-refractivity contribution in [3.63, 3.8) is 0 Å². The second kappa shape index (κ2) is 8.27. The molecule has 0 aliphatic carbocycles. The minimum atomic E-state index is -1.05. The molecule has 0 unspecified atom stereocenters. The van der Waals surface area contributed by atoms with Crippen molar-refractivity contribution in [2.75, 3.05) is 6.54 Å². The summed E-state index contributed by atoms with van der Waals surface area (Å²) in [4.78, 5) is 25.9. The fourth-order valence-corrected chi connectivity index (χ4v) is 3.12. The van der Waals surface area contributed by atoms with E-state index >= 15 is 0 Å². The molecule has 0 bridgehead atoms. The van der Waals surface area contributed by atoms with E-state index in [4.69, 9.17) is 5.73 Å². The summed E-state index contributed by atoms with van der Waals surface area (Å²) in [5, 5.41) is 6.57. The van der Waals surface area contributed by atoms with Crippen LogP contribution in [-0.4, -0.2) is 33.2 Å². The molecule has 0 saturated carbocycles. The number of hydrogen-bond acceptors (Lipinski definition) is 3. The molecular formula is C20H18F3N5O2. The minimum Gasteiger partial charge on any atom is -0.365 e. The monoisotopic (exact) mass is 417 g/mol.